The van der Waals surface area contributed by atoms with E-state index in [2.05, 4.69) is 40.0 Å². The number of hydrogen-bond donors (Lipinski definition) is 2. The van der Waals surface area contributed by atoms with Gasteiger partial charge >= 0.3 is 0 Å². The molecule has 0 amide bonds. The van der Waals surface area contributed by atoms with Crippen LogP contribution in [-0.2, 0) is 26.7 Å². The first-order valence-electron chi connectivity index (χ1n) is 6.68. The van der Waals surface area contributed by atoms with E-state index >= 15 is 0 Å². The van der Waals surface area contributed by atoms with E-state index in [1.807, 2.05) is 14.0 Å². The van der Waals surface area contributed by atoms with E-state index in [1.165, 1.54) is 16.7 Å². The standard InChI is InChI=1S/C15H17N5/c1-10-14(6-16)15(20(2)19-10)18-7-11-3-4-12-8-17-9-13(12)5-11/h3-5,17-18H,7-9H2,1-2H3. The highest BCUT2D eigenvalue weighted by atomic mass is 15.3. The molecular weight excluding hydrogens is 250 g/mol. The highest BCUT2D eigenvalue weighted by Crippen LogP contribution is 2.20. The van der Waals surface area contributed by atoms with Crippen LogP contribution in [0.5, 0.6) is 0 Å². The van der Waals surface area contributed by atoms with Crippen LogP contribution >= 0.6 is 0 Å². The van der Waals surface area contributed by atoms with Crippen LogP contribution in [0.2, 0.25) is 0 Å². The Bertz CT molecular complexity index is 693. The number of aromatic nitrogens is 2. The summed E-state index contributed by atoms with van der Waals surface area (Å²) >= 11 is 0. The molecule has 2 N–H and O–H groups in total. The maximum Gasteiger partial charge on any atom is 0.142 e. The first-order chi connectivity index (χ1) is 9.69. The monoisotopic (exact) mass is 267 g/mol. The zero-order valence-electron chi connectivity index (χ0n) is 11.7. The summed E-state index contributed by atoms with van der Waals surface area (Å²) < 4.78 is 1.73. The molecule has 0 saturated carbocycles. The number of nitrogens with one attached hydrogen (secondary N) is 2. The number of rotatable bonds is 3. The minimum atomic E-state index is 0.621. The summed E-state index contributed by atoms with van der Waals surface area (Å²) in [4.78, 5) is 0. The summed E-state index contributed by atoms with van der Waals surface area (Å²) in [5, 5.41) is 20.1. The van der Waals surface area contributed by atoms with E-state index in [4.69, 9.17) is 0 Å². The molecule has 1 aliphatic rings. The van der Waals surface area contributed by atoms with Crippen molar-refractivity contribution < 1.29 is 0 Å². The second kappa shape index (κ2) is 4.99. The Labute approximate surface area is 118 Å². The van der Waals surface area contributed by atoms with E-state index in [0.29, 0.717) is 12.1 Å². The van der Waals surface area contributed by atoms with Gasteiger partial charge in [0.15, 0.2) is 0 Å². The van der Waals surface area contributed by atoms with Crippen LogP contribution in [0.25, 0.3) is 0 Å². The van der Waals surface area contributed by atoms with Crippen molar-refractivity contribution in [3.05, 3.63) is 46.1 Å². The molecule has 3 rings (SSSR count). The number of benzene rings is 1. The van der Waals surface area contributed by atoms with Gasteiger partial charge in [-0.2, -0.15) is 10.4 Å². The minimum Gasteiger partial charge on any atom is -0.365 e. The summed E-state index contributed by atoms with van der Waals surface area (Å²) in [5.41, 5.74) is 5.34. The maximum atomic E-state index is 9.19. The van der Waals surface area contributed by atoms with Crippen molar-refractivity contribution in [1.29, 1.82) is 5.26 Å². The third-order valence-corrected chi connectivity index (χ3v) is 3.70. The molecule has 5 heteroatoms. The summed E-state index contributed by atoms with van der Waals surface area (Å²) in [6.07, 6.45) is 0. The van der Waals surface area contributed by atoms with Crippen molar-refractivity contribution in [2.24, 2.45) is 7.05 Å². The lowest BCUT2D eigenvalue weighted by molar-refractivity contribution is 0.758. The van der Waals surface area contributed by atoms with Gasteiger partial charge in [-0.1, -0.05) is 18.2 Å². The summed E-state index contributed by atoms with van der Waals surface area (Å²) in [6, 6.07) is 8.73. The average molecular weight is 267 g/mol. The van der Waals surface area contributed by atoms with E-state index in [9.17, 15) is 5.26 Å². The Morgan fingerprint density at radius 1 is 1.40 bits per heavy atom. The Hall–Kier alpha value is -2.32. The third-order valence-electron chi connectivity index (χ3n) is 3.70. The molecular formula is C15H17N5. The van der Waals surface area contributed by atoms with Crippen LogP contribution in [0.4, 0.5) is 5.82 Å². The average Bonchev–Trinajstić information content (AvgIpc) is 2.99. The largest absolute Gasteiger partial charge is 0.365 e. The SMILES string of the molecule is Cc1nn(C)c(NCc2ccc3c(c2)CNC3)c1C#N. The van der Waals surface area contributed by atoms with Crippen molar-refractivity contribution in [2.45, 2.75) is 26.6 Å². The van der Waals surface area contributed by atoms with E-state index in [1.54, 1.807) is 4.68 Å². The smallest absolute Gasteiger partial charge is 0.142 e. The predicted octanol–water partition coefficient (Wildman–Crippen LogP) is 1.82. The van der Waals surface area contributed by atoms with Gasteiger partial charge in [-0.3, -0.25) is 4.68 Å². The molecule has 20 heavy (non-hydrogen) atoms. The Balaban J connectivity index is 1.79. The van der Waals surface area contributed by atoms with Crippen molar-refractivity contribution in [2.75, 3.05) is 5.32 Å². The highest BCUT2D eigenvalue weighted by molar-refractivity contribution is 5.55. The molecule has 0 bridgehead atoms. The quantitative estimate of drug-likeness (QED) is 0.890. The molecule has 1 aromatic carbocycles. The van der Waals surface area contributed by atoms with Gasteiger partial charge in [0.25, 0.3) is 0 Å². The fraction of sp³-hybridized carbons (Fsp3) is 0.333. The van der Waals surface area contributed by atoms with Crippen molar-refractivity contribution in [3.8, 4) is 6.07 Å². The Morgan fingerprint density at radius 2 is 2.20 bits per heavy atom. The number of anilines is 1. The number of hydrogen-bond acceptors (Lipinski definition) is 4. The van der Waals surface area contributed by atoms with Gasteiger partial charge in [0, 0.05) is 26.7 Å². The van der Waals surface area contributed by atoms with E-state index in [0.717, 1.165) is 24.6 Å². The molecule has 2 aromatic rings. The minimum absolute atomic E-state index is 0.621. The molecule has 102 valence electrons. The maximum absolute atomic E-state index is 9.19. The van der Waals surface area contributed by atoms with Gasteiger partial charge in [0.05, 0.1) is 5.69 Å². The number of fused-ring (bicyclic) bond motifs is 1. The fourth-order valence-electron chi connectivity index (χ4n) is 2.64. The molecule has 0 fully saturated rings. The number of nitrogens with zero attached hydrogens (tertiary/aromatic N) is 3. The molecule has 0 unspecified atom stereocenters. The van der Waals surface area contributed by atoms with Crippen LogP contribution in [0.15, 0.2) is 18.2 Å². The zero-order valence-corrected chi connectivity index (χ0v) is 11.7. The van der Waals surface area contributed by atoms with Crippen molar-refractivity contribution in [3.63, 3.8) is 0 Å². The van der Waals surface area contributed by atoms with Gasteiger partial charge < -0.3 is 10.6 Å². The van der Waals surface area contributed by atoms with Crippen molar-refractivity contribution in [1.82, 2.24) is 15.1 Å². The fourth-order valence-corrected chi connectivity index (χ4v) is 2.64. The zero-order chi connectivity index (χ0) is 14.1. The number of nitriles is 1. The molecule has 5 nitrogen and oxygen atoms in total. The van der Waals surface area contributed by atoms with E-state index in [-0.39, 0.29) is 0 Å². The molecule has 0 saturated heterocycles. The van der Waals surface area contributed by atoms with Crippen LogP contribution in [0.3, 0.4) is 0 Å². The van der Waals surface area contributed by atoms with Crippen LogP contribution in [0.1, 0.15) is 27.9 Å². The Kier molecular flexibility index (Phi) is 3.17. The molecule has 0 spiro atoms. The Morgan fingerprint density at radius 3 is 3.00 bits per heavy atom. The summed E-state index contributed by atoms with van der Waals surface area (Å²) in [6.45, 7) is 4.45. The van der Waals surface area contributed by atoms with Crippen LogP contribution in [0, 0.1) is 18.3 Å². The lowest BCUT2D eigenvalue weighted by Gasteiger charge is -2.08. The molecule has 1 aliphatic heterocycles. The van der Waals surface area contributed by atoms with Crippen LogP contribution < -0.4 is 10.6 Å². The van der Waals surface area contributed by atoms with Crippen LogP contribution in [-0.4, -0.2) is 9.78 Å². The molecule has 0 atom stereocenters. The first kappa shape index (κ1) is 12.7. The van der Waals surface area contributed by atoms with Gasteiger partial charge in [0.1, 0.15) is 17.5 Å². The topological polar surface area (TPSA) is 65.7 Å². The van der Waals surface area contributed by atoms with E-state index < -0.39 is 0 Å². The molecule has 1 aromatic heterocycles. The molecule has 2 heterocycles. The highest BCUT2D eigenvalue weighted by Gasteiger charge is 2.13. The third kappa shape index (κ3) is 2.15. The van der Waals surface area contributed by atoms with Gasteiger partial charge in [0.2, 0.25) is 0 Å². The normalized spacial score (nSPS) is 13.1. The second-order valence-corrected chi connectivity index (χ2v) is 5.10. The summed E-state index contributed by atoms with van der Waals surface area (Å²) in [5.74, 6) is 0.781. The second-order valence-electron chi connectivity index (χ2n) is 5.10. The molecule has 0 aliphatic carbocycles. The van der Waals surface area contributed by atoms with Gasteiger partial charge in [-0.25, -0.2) is 0 Å². The first-order valence-corrected chi connectivity index (χ1v) is 6.68. The lowest BCUT2D eigenvalue weighted by atomic mass is 10.1. The van der Waals surface area contributed by atoms with Crippen molar-refractivity contribution >= 4 is 5.82 Å². The van der Waals surface area contributed by atoms with Gasteiger partial charge in [-0.05, 0) is 23.6 Å². The summed E-state index contributed by atoms with van der Waals surface area (Å²) in [7, 11) is 1.85. The molecule has 0 radical (unpaired) electrons. The van der Waals surface area contributed by atoms with Gasteiger partial charge in [-0.15, -0.1) is 0 Å². The number of aryl methyl sites for hydroxylation is 2. The lowest BCUT2D eigenvalue weighted by Crippen LogP contribution is -2.06. The predicted molar refractivity (Wildman–Crippen MR) is 77.0 cm³/mol.